The molecule has 0 aliphatic carbocycles. The Hall–Kier alpha value is -2.54. The number of aromatic nitrogens is 3. The van der Waals surface area contributed by atoms with Crippen LogP contribution in [0.4, 0.5) is 11.4 Å². The molecule has 6 nitrogen and oxygen atoms in total. The van der Waals surface area contributed by atoms with Crippen LogP contribution in [0.5, 0.6) is 0 Å². The van der Waals surface area contributed by atoms with Gasteiger partial charge in [0.2, 0.25) is 0 Å². The summed E-state index contributed by atoms with van der Waals surface area (Å²) in [6, 6.07) is 16.9. The predicted molar refractivity (Wildman–Crippen MR) is 126 cm³/mol. The van der Waals surface area contributed by atoms with Gasteiger partial charge in [-0.15, -0.1) is 0 Å². The Labute approximate surface area is 185 Å². The summed E-state index contributed by atoms with van der Waals surface area (Å²) in [7, 11) is 0. The zero-order valence-corrected chi connectivity index (χ0v) is 19.1. The Morgan fingerprint density at radius 1 is 0.833 bits per heavy atom. The van der Waals surface area contributed by atoms with Crippen LogP contribution in [-0.2, 0) is 0 Å². The van der Waals surface area contributed by atoms with Crippen LogP contribution in [0.3, 0.4) is 0 Å². The second-order valence-corrected chi connectivity index (χ2v) is 8.58. The minimum Gasteiger partial charge on any atom is -0.368 e. The summed E-state index contributed by atoms with van der Waals surface area (Å²) in [5, 5.41) is 4.34. The second-order valence-electron chi connectivity index (χ2n) is 7.67. The first kappa shape index (κ1) is 20.7. The van der Waals surface area contributed by atoms with Gasteiger partial charge in [-0.25, -0.2) is 14.0 Å². The molecule has 158 valence electrons. The molecule has 0 spiro atoms. The highest BCUT2D eigenvalue weighted by atomic mass is 79.9. The van der Waals surface area contributed by atoms with Crippen LogP contribution in [0.1, 0.15) is 32.7 Å². The van der Waals surface area contributed by atoms with Gasteiger partial charge < -0.3 is 9.80 Å². The van der Waals surface area contributed by atoms with Crippen molar-refractivity contribution >= 4 is 27.3 Å². The van der Waals surface area contributed by atoms with Crippen molar-refractivity contribution < 1.29 is 0 Å². The lowest BCUT2D eigenvalue weighted by atomic mass is 10.2. The Kier molecular flexibility index (Phi) is 6.27. The van der Waals surface area contributed by atoms with E-state index in [2.05, 4.69) is 81.1 Å². The zero-order valence-electron chi connectivity index (χ0n) is 17.5. The molecule has 2 heterocycles. The number of benzene rings is 2. The van der Waals surface area contributed by atoms with E-state index in [1.54, 1.807) is 15.6 Å². The number of hydrogen-bond donors (Lipinski definition) is 0. The Morgan fingerprint density at radius 3 is 1.80 bits per heavy atom. The number of nitrogens with zero attached hydrogens (tertiary/aromatic N) is 5. The number of anilines is 2. The highest BCUT2D eigenvalue weighted by molar-refractivity contribution is 9.10. The molecule has 0 amide bonds. The molecule has 1 saturated heterocycles. The summed E-state index contributed by atoms with van der Waals surface area (Å²) in [5.74, 6) is 0. The van der Waals surface area contributed by atoms with Crippen molar-refractivity contribution in [1.82, 2.24) is 14.3 Å². The molecule has 0 unspecified atom stereocenters. The van der Waals surface area contributed by atoms with Crippen molar-refractivity contribution in [2.45, 2.75) is 32.7 Å². The molecule has 1 fully saturated rings. The fraction of sp³-hybridized carbons (Fsp3) is 0.391. The van der Waals surface area contributed by atoms with Gasteiger partial charge in [0.25, 0.3) is 0 Å². The van der Waals surface area contributed by atoms with Gasteiger partial charge in [0, 0.05) is 42.0 Å². The number of hydrogen-bond acceptors (Lipinski definition) is 4. The fourth-order valence-electron chi connectivity index (χ4n) is 4.08. The van der Waals surface area contributed by atoms with Crippen LogP contribution in [0, 0.1) is 0 Å². The normalized spacial score (nSPS) is 14.5. The molecule has 0 atom stereocenters. The maximum absolute atomic E-state index is 12.8. The third kappa shape index (κ3) is 4.17. The van der Waals surface area contributed by atoms with Gasteiger partial charge in [0.05, 0.1) is 11.7 Å². The standard InChI is InChI=1S/C23H28BrN5O/c1-3-19(4-2)29-23(30)28(17-25-29)22-11-9-21(10-12-22)27-15-13-26(14-16-27)20-7-5-18(24)6-8-20/h5-12,17,19H,3-4,13-16H2,1-2H3. The van der Waals surface area contributed by atoms with Gasteiger partial charge >= 0.3 is 5.69 Å². The summed E-state index contributed by atoms with van der Waals surface area (Å²) in [5.41, 5.74) is 3.24. The van der Waals surface area contributed by atoms with E-state index >= 15 is 0 Å². The van der Waals surface area contributed by atoms with Crippen LogP contribution in [0.2, 0.25) is 0 Å². The van der Waals surface area contributed by atoms with Gasteiger partial charge in [-0.2, -0.15) is 5.10 Å². The third-order valence-electron chi connectivity index (χ3n) is 5.95. The quantitative estimate of drug-likeness (QED) is 0.533. The van der Waals surface area contributed by atoms with E-state index in [0.717, 1.165) is 49.2 Å². The lowest BCUT2D eigenvalue weighted by Gasteiger charge is -2.37. The second kappa shape index (κ2) is 9.08. The van der Waals surface area contributed by atoms with Gasteiger partial charge in [-0.3, -0.25) is 0 Å². The molecule has 0 bridgehead atoms. The number of halogens is 1. The summed E-state index contributed by atoms with van der Waals surface area (Å²) in [4.78, 5) is 17.6. The maximum Gasteiger partial charge on any atom is 0.350 e. The van der Waals surface area contributed by atoms with Crippen LogP contribution in [0.25, 0.3) is 5.69 Å². The van der Waals surface area contributed by atoms with E-state index in [0.29, 0.717) is 0 Å². The molecule has 0 N–H and O–H groups in total. The molecular formula is C23H28BrN5O. The minimum atomic E-state index is -0.0698. The largest absolute Gasteiger partial charge is 0.368 e. The molecule has 3 aromatic rings. The van der Waals surface area contributed by atoms with E-state index < -0.39 is 0 Å². The van der Waals surface area contributed by atoms with Crippen molar-refractivity contribution in [3.8, 4) is 5.69 Å². The molecule has 30 heavy (non-hydrogen) atoms. The number of rotatable bonds is 6. The molecule has 2 aromatic carbocycles. The molecule has 1 aromatic heterocycles. The predicted octanol–water partition coefficient (Wildman–Crippen LogP) is 4.48. The van der Waals surface area contributed by atoms with Crippen molar-refractivity contribution in [2.75, 3.05) is 36.0 Å². The van der Waals surface area contributed by atoms with Crippen molar-refractivity contribution in [1.29, 1.82) is 0 Å². The van der Waals surface area contributed by atoms with E-state index in [1.807, 2.05) is 12.1 Å². The van der Waals surface area contributed by atoms with Crippen molar-refractivity contribution in [3.63, 3.8) is 0 Å². The Bertz CT molecular complexity index is 1010. The van der Waals surface area contributed by atoms with Crippen molar-refractivity contribution in [2.24, 2.45) is 0 Å². The summed E-state index contributed by atoms with van der Waals surface area (Å²) in [6.45, 7) is 8.11. The average Bonchev–Trinajstić information content (AvgIpc) is 3.17. The highest BCUT2D eigenvalue weighted by Gasteiger charge is 2.18. The van der Waals surface area contributed by atoms with Crippen LogP contribution in [0.15, 0.2) is 64.1 Å². The first-order chi connectivity index (χ1) is 14.6. The molecule has 7 heteroatoms. The molecule has 1 aliphatic heterocycles. The third-order valence-corrected chi connectivity index (χ3v) is 6.48. The van der Waals surface area contributed by atoms with Crippen LogP contribution in [-0.4, -0.2) is 40.5 Å². The maximum atomic E-state index is 12.8. The first-order valence-corrected chi connectivity index (χ1v) is 11.4. The van der Waals surface area contributed by atoms with E-state index in [1.165, 1.54) is 11.4 Å². The zero-order chi connectivity index (χ0) is 21.1. The first-order valence-electron chi connectivity index (χ1n) is 10.6. The van der Waals surface area contributed by atoms with Gasteiger partial charge in [0.1, 0.15) is 6.33 Å². The lowest BCUT2D eigenvalue weighted by Crippen LogP contribution is -2.46. The van der Waals surface area contributed by atoms with Crippen LogP contribution >= 0.6 is 15.9 Å². The SMILES string of the molecule is CCC(CC)n1ncn(-c2ccc(N3CCN(c4ccc(Br)cc4)CC3)cc2)c1=O. The summed E-state index contributed by atoms with van der Waals surface area (Å²) < 4.78 is 4.34. The van der Waals surface area contributed by atoms with Gasteiger partial charge in [0.15, 0.2) is 0 Å². The van der Waals surface area contributed by atoms with Gasteiger partial charge in [-0.05, 0) is 61.4 Å². The van der Waals surface area contributed by atoms with E-state index in [9.17, 15) is 4.79 Å². The van der Waals surface area contributed by atoms with Crippen molar-refractivity contribution in [3.05, 3.63) is 69.8 Å². The number of piperazine rings is 1. The minimum absolute atomic E-state index is 0.0698. The average molecular weight is 470 g/mol. The topological polar surface area (TPSA) is 46.3 Å². The Morgan fingerprint density at radius 2 is 1.30 bits per heavy atom. The monoisotopic (exact) mass is 469 g/mol. The highest BCUT2D eigenvalue weighted by Crippen LogP contribution is 2.23. The smallest absolute Gasteiger partial charge is 0.350 e. The van der Waals surface area contributed by atoms with Crippen LogP contribution < -0.4 is 15.5 Å². The lowest BCUT2D eigenvalue weighted by molar-refractivity contribution is 0.414. The van der Waals surface area contributed by atoms with Gasteiger partial charge in [-0.1, -0.05) is 29.8 Å². The Balaban J connectivity index is 1.43. The molecule has 0 saturated carbocycles. The van der Waals surface area contributed by atoms with E-state index in [4.69, 9.17) is 0 Å². The molecule has 0 radical (unpaired) electrons. The molecule has 4 rings (SSSR count). The molecular weight excluding hydrogens is 442 g/mol. The van der Waals surface area contributed by atoms with E-state index in [-0.39, 0.29) is 11.7 Å². The molecule has 1 aliphatic rings. The fourth-order valence-corrected chi connectivity index (χ4v) is 4.34. The summed E-state index contributed by atoms with van der Waals surface area (Å²) in [6.07, 6.45) is 3.43. The summed E-state index contributed by atoms with van der Waals surface area (Å²) >= 11 is 3.50.